The van der Waals surface area contributed by atoms with E-state index in [-0.39, 0.29) is 5.91 Å². The number of ether oxygens (including phenoxy) is 2. The van der Waals surface area contributed by atoms with Crippen LogP contribution in [0, 0.1) is 13.8 Å². The number of amides is 1. The number of hydrogen-bond acceptors (Lipinski definition) is 3. The van der Waals surface area contributed by atoms with Crippen LogP contribution in [0.1, 0.15) is 22.3 Å². The van der Waals surface area contributed by atoms with Crippen molar-refractivity contribution in [1.82, 2.24) is 4.90 Å². The van der Waals surface area contributed by atoms with Gasteiger partial charge >= 0.3 is 0 Å². The van der Waals surface area contributed by atoms with E-state index in [2.05, 4.69) is 32.0 Å². The second-order valence-electron chi connectivity index (χ2n) is 6.07. The molecule has 1 amide bonds. The Bertz CT molecular complexity index is 781. The highest BCUT2D eigenvalue weighted by Gasteiger charge is 2.09. The number of methoxy groups -OCH3 is 2. The van der Waals surface area contributed by atoms with E-state index in [0.29, 0.717) is 18.0 Å². The van der Waals surface area contributed by atoms with E-state index < -0.39 is 0 Å². The number of hydrogen-bond donors (Lipinski definition) is 0. The minimum Gasteiger partial charge on any atom is -0.497 e. The van der Waals surface area contributed by atoms with Crippen LogP contribution in [0.4, 0.5) is 0 Å². The Morgan fingerprint density at radius 1 is 1.08 bits per heavy atom. The molecule has 0 bridgehead atoms. The van der Waals surface area contributed by atoms with Gasteiger partial charge in [0, 0.05) is 31.3 Å². The van der Waals surface area contributed by atoms with Crippen molar-refractivity contribution >= 4 is 12.0 Å². The molecule has 4 nitrogen and oxygen atoms in total. The number of likely N-dealkylation sites (N-methyl/N-ethyl adjacent to an activating group) is 1. The van der Waals surface area contributed by atoms with Crippen LogP contribution in [-0.4, -0.2) is 32.1 Å². The van der Waals surface area contributed by atoms with Crippen molar-refractivity contribution in [2.24, 2.45) is 0 Å². The van der Waals surface area contributed by atoms with E-state index in [1.165, 1.54) is 11.1 Å². The Hall–Kier alpha value is -2.75. The van der Waals surface area contributed by atoms with Crippen LogP contribution in [0.5, 0.6) is 11.5 Å². The molecule has 0 spiro atoms. The summed E-state index contributed by atoms with van der Waals surface area (Å²) in [6.45, 7) is 4.71. The lowest BCUT2D eigenvalue weighted by Crippen LogP contribution is -2.24. The molecule has 0 aliphatic rings. The number of benzene rings is 2. The monoisotopic (exact) mass is 339 g/mol. The third-order valence-electron chi connectivity index (χ3n) is 4.13. The first-order valence-corrected chi connectivity index (χ1v) is 8.16. The molecule has 0 fully saturated rings. The molecule has 2 aromatic carbocycles. The second kappa shape index (κ2) is 8.38. The van der Waals surface area contributed by atoms with E-state index in [1.54, 1.807) is 44.4 Å². The summed E-state index contributed by atoms with van der Waals surface area (Å²) >= 11 is 0. The lowest BCUT2D eigenvalue weighted by molar-refractivity contribution is -0.125. The fraction of sp³-hybridized carbons (Fsp3) is 0.286. The molecule has 0 aliphatic carbocycles. The van der Waals surface area contributed by atoms with Gasteiger partial charge < -0.3 is 14.4 Å². The summed E-state index contributed by atoms with van der Waals surface area (Å²) in [5, 5.41) is 0. The van der Waals surface area contributed by atoms with Crippen molar-refractivity contribution in [3.05, 3.63) is 64.7 Å². The zero-order valence-electron chi connectivity index (χ0n) is 15.5. The number of rotatable bonds is 6. The fourth-order valence-corrected chi connectivity index (χ4v) is 2.60. The van der Waals surface area contributed by atoms with Gasteiger partial charge in [0.25, 0.3) is 0 Å². The largest absolute Gasteiger partial charge is 0.497 e. The summed E-state index contributed by atoms with van der Waals surface area (Å²) in [7, 11) is 5.01. The van der Waals surface area contributed by atoms with Gasteiger partial charge in [-0.3, -0.25) is 4.79 Å². The van der Waals surface area contributed by atoms with E-state index in [0.717, 1.165) is 11.1 Å². The molecule has 0 heterocycles. The Kier molecular flexibility index (Phi) is 6.23. The molecule has 0 unspecified atom stereocenters. The van der Waals surface area contributed by atoms with Crippen molar-refractivity contribution in [2.75, 3.05) is 21.3 Å². The minimum absolute atomic E-state index is 0.0575. The van der Waals surface area contributed by atoms with Crippen molar-refractivity contribution in [1.29, 1.82) is 0 Å². The maximum atomic E-state index is 12.4. The molecule has 0 aromatic heterocycles. The van der Waals surface area contributed by atoms with Crippen LogP contribution < -0.4 is 9.47 Å². The smallest absolute Gasteiger partial charge is 0.246 e. The maximum Gasteiger partial charge on any atom is 0.246 e. The quantitative estimate of drug-likeness (QED) is 0.747. The molecule has 0 N–H and O–H groups in total. The van der Waals surface area contributed by atoms with Crippen molar-refractivity contribution in [3.8, 4) is 11.5 Å². The van der Waals surface area contributed by atoms with Crippen LogP contribution in [-0.2, 0) is 11.3 Å². The van der Waals surface area contributed by atoms with Crippen LogP contribution >= 0.6 is 0 Å². The fourth-order valence-electron chi connectivity index (χ4n) is 2.60. The van der Waals surface area contributed by atoms with E-state index >= 15 is 0 Å². The third-order valence-corrected chi connectivity index (χ3v) is 4.13. The molecule has 4 heteroatoms. The predicted octanol–water partition coefficient (Wildman–Crippen LogP) is 3.99. The zero-order chi connectivity index (χ0) is 18.4. The minimum atomic E-state index is -0.0575. The number of carbonyl (C=O) groups excluding carboxylic acids is 1. The van der Waals surface area contributed by atoms with Crippen molar-refractivity contribution < 1.29 is 14.3 Å². The van der Waals surface area contributed by atoms with Gasteiger partial charge in [0.2, 0.25) is 5.91 Å². The highest BCUT2D eigenvalue weighted by Crippen LogP contribution is 2.25. The van der Waals surface area contributed by atoms with Gasteiger partial charge in [0.15, 0.2) is 0 Å². The Labute approximate surface area is 149 Å². The summed E-state index contributed by atoms with van der Waals surface area (Å²) < 4.78 is 10.5. The second-order valence-corrected chi connectivity index (χ2v) is 6.07. The molecular formula is C21H25NO3. The van der Waals surface area contributed by atoms with Crippen LogP contribution in [0.15, 0.2) is 42.5 Å². The molecule has 0 atom stereocenters. The van der Waals surface area contributed by atoms with Gasteiger partial charge in [-0.1, -0.05) is 23.8 Å². The summed E-state index contributed by atoms with van der Waals surface area (Å²) in [5.41, 5.74) is 4.40. The molecule has 25 heavy (non-hydrogen) atoms. The third kappa shape index (κ3) is 4.86. The van der Waals surface area contributed by atoms with Gasteiger partial charge in [0.1, 0.15) is 11.5 Å². The van der Waals surface area contributed by atoms with Gasteiger partial charge in [0.05, 0.1) is 14.2 Å². The molecule has 0 aliphatic heterocycles. The van der Waals surface area contributed by atoms with Crippen LogP contribution in [0.2, 0.25) is 0 Å². The lowest BCUT2D eigenvalue weighted by Gasteiger charge is -2.17. The first kappa shape index (κ1) is 18.6. The van der Waals surface area contributed by atoms with E-state index in [9.17, 15) is 4.79 Å². The van der Waals surface area contributed by atoms with Crippen LogP contribution in [0.25, 0.3) is 6.08 Å². The van der Waals surface area contributed by atoms with E-state index in [1.807, 2.05) is 12.1 Å². The van der Waals surface area contributed by atoms with Gasteiger partial charge in [-0.15, -0.1) is 0 Å². The summed E-state index contributed by atoms with van der Waals surface area (Å²) in [5.74, 6) is 1.32. The number of nitrogens with zero attached hydrogens (tertiary/aromatic N) is 1. The van der Waals surface area contributed by atoms with Gasteiger partial charge in [-0.05, 0) is 43.2 Å². The highest BCUT2D eigenvalue weighted by atomic mass is 16.5. The Balaban J connectivity index is 2.09. The summed E-state index contributed by atoms with van der Waals surface area (Å²) in [6, 6.07) is 11.8. The molecule has 132 valence electrons. The first-order valence-electron chi connectivity index (χ1n) is 8.16. The average molecular weight is 339 g/mol. The number of aryl methyl sites for hydroxylation is 2. The molecule has 0 saturated carbocycles. The van der Waals surface area contributed by atoms with Crippen LogP contribution in [0.3, 0.4) is 0 Å². The first-order chi connectivity index (χ1) is 11.9. The van der Waals surface area contributed by atoms with Gasteiger partial charge in [-0.2, -0.15) is 0 Å². The molecule has 0 saturated heterocycles. The normalized spacial score (nSPS) is 10.8. The summed E-state index contributed by atoms with van der Waals surface area (Å²) in [4.78, 5) is 14.1. The SMILES string of the molecule is COc1ccc(/C=C/C(=O)N(C)Cc2ccc(C)cc2C)c(OC)c1. The summed E-state index contributed by atoms with van der Waals surface area (Å²) in [6.07, 6.45) is 3.33. The zero-order valence-corrected chi connectivity index (χ0v) is 15.5. The van der Waals surface area contributed by atoms with Crippen molar-refractivity contribution in [2.45, 2.75) is 20.4 Å². The highest BCUT2D eigenvalue weighted by molar-refractivity contribution is 5.92. The Morgan fingerprint density at radius 2 is 1.84 bits per heavy atom. The molecule has 2 aromatic rings. The predicted molar refractivity (Wildman–Crippen MR) is 101 cm³/mol. The standard InChI is InChI=1S/C21H25NO3/c1-15-6-7-18(16(2)12-15)14-22(3)21(23)11-9-17-8-10-19(24-4)13-20(17)25-5/h6-13H,14H2,1-5H3/b11-9+. The molecular weight excluding hydrogens is 314 g/mol. The average Bonchev–Trinajstić information content (AvgIpc) is 2.61. The molecule has 0 radical (unpaired) electrons. The van der Waals surface area contributed by atoms with Gasteiger partial charge in [-0.25, -0.2) is 0 Å². The molecule has 2 rings (SSSR count). The maximum absolute atomic E-state index is 12.4. The van der Waals surface area contributed by atoms with E-state index in [4.69, 9.17) is 9.47 Å². The lowest BCUT2D eigenvalue weighted by atomic mass is 10.1. The Morgan fingerprint density at radius 3 is 2.48 bits per heavy atom. The van der Waals surface area contributed by atoms with Crippen molar-refractivity contribution in [3.63, 3.8) is 0 Å². The number of carbonyl (C=O) groups is 1. The topological polar surface area (TPSA) is 38.8 Å².